The Balaban J connectivity index is 0.000000191. The molecule has 0 fully saturated rings. The summed E-state index contributed by atoms with van der Waals surface area (Å²) in [6.45, 7) is 0. The quantitative estimate of drug-likeness (QED) is 0.0654. The second kappa shape index (κ2) is 15.7. The zero-order valence-electron chi connectivity index (χ0n) is 27.7. The van der Waals surface area contributed by atoms with Gasteiger partial charge in [0.1, 0.15) is 27.7 Å². The number of rotatable bonds is 8. The van der Waals surface area contributed by atoms with E-state index in [1.165, 1.54) is 41.0 Å². The normalized spacial score (nSPS) is 11.4. The number of aromatic nitrogens is 6. The molecule has 15 heteroatoms. The summed E-state index contributed by atoms with van der Waals surface area (Å²) in [5.74, 6) is 0. The molecule has 3 aromatic carbocycles. The molecule has 0 saturated heterocycles. The maximum Gasteiger partial charge on any atom is 0.345 e. The summed E-state index contributed by atoms with van der Waals surface area (Å²) in [6, 6.07) is 29.2. The van der Waals surface area contributed by atoms with Crippen molar-refractivity contribution in [3.8, 4) is 45.9 Å². The number of allylic oxidation sites excluding steroid dienone is 2. The van der Waals surface area contributed by atoms with Crippen molar-refractivity contribution in [3.05, 3.63) is 156 Å². The van der Waals surface area contributed by atoms with E-state index in [4.69, 9.17) is 4.42 Å². The Kier molecular flexibility index (Phi) is 10.2. The molecule has 0 aliphatic rings. The first kappa shape index (κ1) is 34.8. The van der Waals surface area contributed by atoms with Crippen molar-refractivity contribution in [3.63, 3.8) is 0 Å². The van der Waals surface area contributed by atoms with Crippen LogP contribution in [0.1, 0.15) is 21.1 Å². The summed E-state index contributed by atoms with van der Waals surface area (Å²) in [5.41, 5.74) is 5.90. The van der Waals surface area contributed by atoms with Crippen LogP contribution in [0.4, 0.5) is 5.69 Å². The van der Waals surface area contributed by atoms with Crippen molar-refractivity contribution in [1.29, 1.82) is 10.5 Å². The number of nitrogens with one attached hydrogen (secondary N) is 2. The van der Waals surface area contributed by atoms with Gasteiger partial charge in [0.05, 0.1) is 51.1 Å². The van der Waals surface area contributed by atoms with E-state index in [2.05, 4.69) is 42.5 Å². The molecule has 5 heterocycles. The molecule has 0 amide bonds. The van der Waals surface area contributed by atoms with Crippen molar-refractivity contribution in [2.45, 2.75) is 0 Å². The molecule has 8 aromatic rings. The first-order valence-corrected chi connectivity index (χ1v) is 17.7. The standard InChI is InChI=1S/C24H13N5O4S.C15H10N4S/c25-11-16(8-17-12-26-28-22(17)15-5-3-6-18(9-15)29(31)32)23-27-20(13-34-23)19-10-14-4-1-2-7-21(14)33-24(19)30;16-9-12(15-17-6-7-20-15)8-13-10-18-19-14(13)11-4-2-1-3-5-11/h1-10,12-13H,(H,26,28);1-8,10H,(H,18,19)/b16-8+;12-8+. The second-order valence-corrected chi connectivity index (χ2v) is 13.0. The highest BCUT2D eigenvalue weighted by Crippen LogP contribution is 2.31. The number of hydrogen-bond acceptors (Lipinski definition) is 12. The lowest BCUT2D eigenvalue weighted by Crippen LogP contribution is -2.02. The number of para-hydroxylation sites is 1. The van der Waals surface area contributed by atoms with Gasteiger partial charge in [0.25, 0.3) is 5.69 Å². The summed E-state index contributed by atoms with van der Waals surface area (Å²) in [4.78, 5) is 31.8. The van der Waals surface area contributed by atoms with Gasteiger partial charge in [-0.2, -0.15) is 20.7 Å². The zero-order chi connectivity index (χ0) is 37.4. The Labute approximate surface area is 313 Å². The van der Waals surface area contributed by atoms with Crippen LogP contribution in [0, 0.1) is 32.8 Å². The Morgan fingerprint density at radius 1 is 0.815 bits per heavy atom. The summed E-state index contributed by atoms with van der Waals surface area (Å²) in [6.07, 6.45) is 8.34. The maximum atomic E-state index is 12.5. The minimum atomic E-state index is -0.513. The Hall–Kier alpha value is -7.59. The van der Waals surface area contributed by atoms with Gasteiger partial charge in [-0.15, -0.1) is 22.7 Å². The topological polar surface area (TPSA) is 204 Å². The number of non-ortho nitro benzene ring substituents is 1. The summed E-state index contributed by atoms with van der Waals surface area (Å²) in [5, 5.41) is 49.5. The van der Waals surface area contributed by atoms with Gasteiger partial charge in [-0.1, -0.05) is 60.7 Å². The van der Waals surface area contributed by atoms with E-state index in [9.17, 15) is 25.4 Å². The lowest BCUT2D eigenvalue weighted by atomic mass is 10.1. The van der Waals surface area contributed by atoms with E-state index in [0.717, 1.165) is 22.2 Å². The summed E-state index contributed by atoms with van der Waals surface area (Å²) < 4.78 is 5.39. The number of thiazole rings is 2. The van der Waals surface area contributed by atoms with Crippen LogP contribution in [0.3, 0.4) is 0 Å². The molecule has 0 aliphatic heterocycles. The second-order valence-electron chi connectivity index (χ2n) is 11.3. The molecule has 0 unspecified atom stereocenters. The minimum Gasteiger partial charge on any atom is -0.422 e. The van der Waals surface area contributed by atoms with Gasteiger partial charge < -0.3 is 4.42 Å². The molecule has 8 rings (SSSR count). The number of nitriles is 2. The van der Waals surface area contributed by atoms with Gasteiger partial charge in [0, 0.05) is 56.7 Å². The van der Waals surface area contributed by atoms with E-state index < -0.39 is 10.5 Å². The van der Waals surface area contributed by atoms with Crippen LogP contribution >= 0.6 is 22.7 Å². The van der Waals surface area contributed by atoms with Crippen LogP contribution in [0.5, 0.6) is 0 Å². The van der Waals surface area contributed by atoms with E-state index in [-0.39, 0.29) is 11.3 Å². The highest BCUT2D eigenvalue weighted by Gasteiger charge is 2.16. The number of H-pyrrole nitrogens is 2. The molecule has 0 bridgehead atoms. The molecule has 54 heavy (non-hydrogen) atoms. The van der Waals surface area contributed by atoms with E-state index in [1.807, 2.05) is 53.9 Å². The third-order valence-electron chi connectivity index (χ3n) is 7.90. The van der Waals surface area contributed by atoms with Crippen molar-refractivity contribution in [2.24, 2.45) is 0 Å². The fourth-order valence-electron chi connectivity index (χ4n) is 5.36. The van der Waals surface area contributed by atoms with Crippen LogP contribution in [0.15, 0.2) is 123 Å². The average Bonchev–Trinajstić information content (AvgIpc) is 4.05. The molecule has 0 atom stereocenters. The van der Waals surface area contributed by atoms with Gasteiger partial charge in [-0.3, -0.25) is 20.3 Å². The summed E-state index contributed by atoms with van der Waals surface area (Å²) >= 11 is 2.67. The van der Waals surface area contributed by atoms with Crippen molar-refractivity contribution in [1.82, 2.24) is 30.4 Å². The SMILES string of the molecule is N#C/C(=C\c1cn[nH]c1-c1cccc([N+](=O)[O-])c1)c1nc(-c2cc3ccccc3oc2=O)cs1.N#C/C(=C\c1cn[nH]c1-c1ccccc1)c1nccs1. The first-order valence-electron chi connectivity index (χ1n) is 15.9. The number of nitrogens with zero attached hydrogens (tertiary/aromatic N) is 7. The third-order valence-corrected chi connectivity index (χ3v) is 9.58. The highest BCUT2D eigenvalue weighted by molar-refractivity contribution is 7.11. The molecule has 13 nitrogen and oxygen atoms in total. The van der Waals surface area contributed by atoms with Crippen LogP contribution in [-0.4, -0.2) is 35.3 Å². The van der Waals surface area contributed by atoms with E-state index in [0.29, 0.717) is 49.2 Å². The molecule has 260 valence electrons. The lowest BCUT2D eigenvalue weighted by molar-refractivity contribution is -0.384. The highest BCUT2D eigenvalue weighted by atomic mass is 32.1. The Bertz CT molecular complexity index is 2820. The molecular weight excluding hydrogens is 723 g/mol. The molecule has 0 aliphatic carbocycles. The van der Waals surface area contributed by atoms with Gasteiger partial charge in [-0.25, -0.2) is 14.8 Å². The number of benzene rings is 3. The Morgan fingerprint density at radius 3 is 2.17 bits per heavy atom. The van der Waals surface area contributed by atoms with Gasteiger partial charge >= 0.3 is 5.63 Å². The lowest BCUT2D eigenvalue weighted by Gasteiger charge is -2.01. The zero-order valence-corrected chi connectivity index (χ0v) is 29.3. The molecule has 2 N–H and O–H groups in total. The molecule has 0 saturated carbocycles. The first-order chi connectivity index (χ1) is 26.4. The number of nitro groups is 1. The predicted octanol–water partition coefficient (Wildman–Crippen LogP) is 8.88. The van der Waals surface area contributed by atoms with Crippen LogP contribution in [0.2, 0.25) is 0 Å². The van der Waals surface area contributed by atoms with Crippen LogP contribution in [0.25, 0.3) is 68.0 Å². The average molecular weight is 746 g/mol. The van der Waals surface area contributed by atoms with E-state index >= 15 is 0 Å². The van der Waals surface area contributed by atoms with Crippen molar-refractivity contribution < 1.29 is 9.34 Å². The Morgan fingerprint density at radius 2 is 1.48 bits per heavy atom. The van der Waals surface area contributed by atoms with Gasteiger partial charge in [0.2, 0.25) is 0 Å². The maximum absolute atomic E-state index is 12.5. The fraction of sp³-hybridized carbons (Fsp3) is 0. The molecule has 0 spiro atoms. The van der Waals surface area contributed by atoms with Crippen LogP contribution < -0.4 is 5.63 Å². The number of nitro benzene ring substituents is 1. The predicted molar refractivity (Wildman–Crippen MR) is 207 cm³/mol. The number of hydrogen-bond donors (Lipinski definition) is 2. The number of fused-ring (bicyclic) bond motifs is 1. The molecule has 5 aromatic heterocycles. The largest absolute Gasteiger partial charge is 0.422 e. The van der Waals surface area contributed by atoms with E-state index in [1.54, 1.807) is 54.2 Å². The third kappa shape index (κ3) is 7.53. The number of aromatic amines is 2. The fourth-order valence-corrected chi connectivity index (χ4v) is 6.75. The van der Waals surface area contributed by atoms with Crippen molar-refractivity contribution in [2.75, 3.05) is 0 Å². The van der Waals surface area contributed by atoms with Crippen molar-refractivity contribution >= 4 is 62.6 Å². The van der Waals surface area contributed by atoms with Gasteiger partial charge in [-0.05, 0) is 24.3 Å². The van der Waals surface area contributed by atoms with Crippen LogP contribution in [-0.2, 0) is 0 Å². The summed E-state index contributed by atoms with van der Waals surface area (Å²) in [7, 11) is 0. The smallest absolute Gasteiger partial charge is 0.345 e. The molecular formula is C39H23N9O4S2. The molecule has 0 radical (unpaired) electrons. The monoisotopic (exact) mass is 745 g/mol. The minimum absolute atomic E-state index is 0.0543. The van der Waals surface area contributed by atoms with Gasteiger partial charge in [0.15, 0.2) is 0 Å².